The van der Waals surface area contributed by atoms with Gasteiger partial charge < -0.3 is 4.74 Å². The topological polar surface area (TPSA) is 72.5 Å². The Bertz CT molecular complexity index is 763. The summed E-state index contributed by atoms with van der Waals surface area (Å²) in [6.07, 6.45) is 9.31. The molecule has 29 heavy (non-hydrogen) atoms. The van der Waals surface area contributed by atoms with E-state index in [-0.39, 0.29) is 5.56 Å². The molecule has 0 saturated heterocycles. The van der Waals surface area contributed by atoms with E-state index in [9.17, 15) is 26.4 Å². The van der Waals surface area contributed by atoms with Crippen molar-refractivity contribution in [2.45, 2.75) is 63.8 Å². The van der Waals surface area contributed by atoms with Crippen LogP contribution in [0.5, 0.6) is 5.75 Å². The zero-order valence-electron chi connectivity index (χ0n) is 15.9. The molecule has 0 spiro atoms. The third-order valence-electron chi connectivity index (χ3n) is 4.04. The number of ether oxygens (including phenoxy) is 1. The Labute approximate surface area is 196 Å². The van der Waals surface area contributed by atoms with Crippen LogP contribution in [0.1, 0.15) is 68.6 Å². The predicted octanol–water partition coefficient (Wildman–Crippen LogP) is 5.99. The molecule has 1 aromatic carbocycles. The van der Waals surface area contributed by atoms with E-state index in [0.29, 0.717) is 19.5 Å². The zero-order chi connectivity index (χ0) is 22.1. The van der Waals surface area contributed by atoms with Crippen molar-refractivity contribution < 1.29 is 31.1 Å². The van der Waals surface area contributed by atoms with E-state index >= 15 is 0 Å². The van der Waals surface area contributed by atoms with E-state index in [1.807, 2.05) is 45.2 Å². The van der Waals surface area contributed by atoms with Crippen LogP contribution in [-0.4, -0.2) is 26.4 Å². The Morgan fingerprint density at radius 3 is 1.97 bits per heavy atom. The number of alkyl halides is 3. The third-order valence-corrected chi connectivity index (χ3v) is 6.70. The fourth-order valence-electron chi connectivity index (χ4n) is 2.48. The molecule has 1 aromatic rings. The van der Waals surface area contributed by atoms with Crippen LogP contribution in [0.4, 0.5) is 13.2 Å². The molecule has 0 fully saturated rings. The van der Waals surface area contributed by atoms with Gasteiger partial charge in [0.2, 0.25) is 0 Å². The number of carbonyl (C=O) groups is 1. The first-order valence-corrected chi connectivity index (χ1v) is 12.9. The fraction of sp³-hybridized carbons (Fsp3) is 0.611. The van der Waals surface area contributed by atoms with E-state index in [1.54, 1.807) is 0 Å². The van der Waals surface area contributed by atoms with Crippen molar-refractivity contribution in [2.75, 3.05) is 6.61 Å². The Hall–Kier alpha value is -0.310. The highest BCUT2D eigenvalue weighted by Crippen LogP contribution is 2.30. The average molecular weight is 661 g/mol. The van der Waals surface area contributed by atoms with Crippen LogP contribution in [0.2, 0.25) is 0 Å². The summed E-state index contributed by atoms with van der Waals surface area (Å²) in [5.74, 6) is -0.808. The number of halogens is 5. The maximum absolute atomic E-state index is 12.4. The molecule has 0 aliphatic heterocycles. The molecule has 0 bridgehead atoms. The molecule has 0 aliphatic carbocycles. The van der Waals surface area contributed by atoms with Crippen LogP contribution in [0.3, 0.4) is 0 Å². The van der Waals surface area contributed by atoms with Gasteiger partial charge in [0.15, 0.2) is 0 Å². The highest BCUT2D eigenvalue weighted by molar-refractivity contribution is 14.1. The summed E-state index contributed by atoms with van der Waals surface area (Å²) < 4.78 is 67.2. The minimum absolute atomic E-state index is 0.189. The van der Waals surface area contributed by atoms with Crippen molar-refractivity contribution in [3.05, 3.63) is 24.8 Å². The normalized spacial score (nSPS) is 12.1. The predicted molar refractivity (Wildman–Crippen MR) is 122 cm³/mol. The summed E-state index contributed by atoms with van der Waals surface area (Å²) in [5.41, 5.74) is -5.74. The van der Waals surface area contributed by atoms with Gasteiger partial charge in [0.1, 0.15) is 5.75 Å². The van der Waals surface area contributed by atoms with Gasteiger partial charge >= 0.3 is 15.5 Å². The monoisotopic (exact) mass is 661 g/mol. The van der Waals surface area contributed by atoms with Crippen LogP contribution in [0.25, 0.3) is 0 Å². The van der Waals surface area contributed by atoms with Crippen molar-refractivity contribution >= 4 is 61.1 Å². The lowest BCUT2D eigenvalue weighted by Crippen LogP contribution is -2.40. The van der Waals surface area contributed by atoms with Crippen molar-refractivity contribution in [3.63, 3.8) is 0 Å². The lowest BCUT2D eigenvalue weighted by atomic mass is 10.1. The number of unbranched alkanes of at least 4 members (excludes halogenated alkanes) is 7. The second kappa shape index (κ2) is 12.5. The molecule has 0 aliphatic rings. The van der Waals surface area contributed by atoms with Crippen LogP contribution >= 0.6 is 45.2 Å². The Balaban J connectivity index is 2.57. The van der Waals surface area contributed by atoms with E-state index in [4.69, 9.17) is 4.74 Å². The van der Waals surface area contributed by atoms with Crippen molar-refractivity contribution in [1.29, 1.82) is 0 Å². The fourth-order valence-corrected chi connectivity index (χ4v) is 5.04. The molecular weight excluding hydrogens is 637 g/mol. The van der Waals surface area contributed by atoms with Crippen LogP contribution in [0, 0.1) is 7.14 Å². The number of amides is 1. The second-order valence-corrected chi connectivity index (χ2v) is 10.5. The molecule has 1 rings (SSSR count). The first kappa shape index (κ1) is 26.7. The number of hydrogen-bond acceptors (Lipinski definition) is 4. The highest BCUT2D eigenvalue weighted by Gasteiger charge is 2.47. The Kier molecular flexibility index (Phi) is 11.5. The Morgan fingerprint density at radius 1 is 1.00 bits per heavy atom. The summed E-state index contributed by atoms with van der Waals surface area (Å²) in [4.78, 5) is 11.9. The molecule has 0 aromatic heterocycles. The minimum Gasteiger partial charge on any atom is -0.491 e. The molecular formula is C18H24F3I2NO4S. The number of carbonyl (C=O) groups excluding carboxylic acids is 1. The highest BCUT2D eigenvalue weighted by atomic mass is 127. The van der Waals surface area contributed by atoms with E-state index in [2.05, 4.69) is 6.92 Å². The molecule has 1 N–H and O–H groups in total. The maximum atomic E-state index is 12.4. The minimum atomic E-state index is -5.75. The van der Waals surface area contributed by atoms with E-state index in [0.717, 1.165) is 24.0 Å². The molecule has 0 saturated carbocycles. The first-order valence-electron chi connectivity index (χ1n) is 9.25. The quantitative estimate of drug-likeness (QED) is 0.221. The number of nitrogens with one attached hydrogen (secondary N) is 1. The van der Waals surface area contributed by atoms with Gasteiger partial charge in [-0.2, -0.15) is 21.6 Å². The van der Waals surface area contributed by atoms with Gasteiger partial charge in [-0.25, -0.2) is 4.72 Å². The van der Waals surface area contributed by atoms with Crippen LogP contribution in [-0.2, 0) is 10.0 Å². The van der Waals surface area contributed by atoms with Gasteiger partial charge in [-0.3, -0.25) is 4.79 Å². The third kappa shape index (κ3) is 9.15. The van der Waals surface area contributed by atoms with Gasteiger partial charge in [0.05, 0.1) is 13.7 Å². The standard InChI is InChI=1S/C18H24F3I2NO4S/c1-2-3-4-5-6-7-8-9-10-28-16-14(22)11-13(12-15(16)23)17(25)24-29(26,27)18(19,20)21/h11-12H,2-10H2,1H3,(H,24,25). The van der Waals surface area contributed by atoms with Gasteiger partial charge in [0.25, 0.3) is 5.91 Å². The second-order valence-electron chi connectivity index (χ2n) is 6.47. The van der Waals surface area contributed by atoms with Crippen molar-refractivity contribution in [3.8, 4) is 5.75 Å². The summed E-state index contributed by atoms with van der Waals surface area (Å²) in [7, 11) is -5.75. The number of benzene rings is 1. The van der Waals surface area contributed by atoms with Gasteiger partial charge in [-0.05, 0) is 63.7 Å². The summed E-state index contributed by atoms with van der Waals surface area (Å²) >= 11 is 3.81. The number of rotatable bonds is 12. The van der Waals surface area contributed by atoms with E-state index in [1.165, 1.54) is 44.2 Å². The Morgan fingerprint density at radius 2 is 1.48 bits per heavy atom. The van der Waals surface area contributed by atoms with Crippen LogP contribution < -0.4 is 9.46 Å². The molecule has 1 amide bonds. The molecule has 11 heteroatoms. The zero-order valence-corrected chi connectivity index (χ0v) is 21.1. The molecule has 0 unspecified atom stereocenters. The number of hydrogen-bond donors (Lipinski definition) is 1. The maximum Gasteiger partial charge on any atom is 0.516 e. The van der Waals surface area contributed by atoms with Crippen LogP contribution in [0.15, 0.2) is 12.1 Å². The SMILES string of the molecule is CCCCCCCCCCOc1c(I)cc(C(=O)NS(=O)(=O)C(F)(F)F)cc1I. The molecule has 0 heterocycles. The number of sulfonamides is 1. The summed E-state index contributed by atoms with van der Waals surface area (Å²) in [5, 5.41) is 0. The van der Waals surface area contributed by atoms with Crippen molar-refractivity contribution in [1.82, 2.24) is 4.72 Å². The summed E-state index contributed by atoms with van der Waals surface area (Å²) in [6.45, 7) is 2.68. The smallest absolute Gasteiger partial charge is 0.491 e. The average Bonchev–Trinajstić information content (AvgIpc) is 2.60. The summed E-state index contributed by atoms with van der Waals surface area (Å²) in [6, 6.07) is 2.60. The molecule has 0 radical (unpaired) electrons. The molecule has 0 atom stereocenters. The van der Waals surface area contributed by atoms with Crippen molar-refractivity contribution in [2.24, 2.45) is 0 Å². The lowest BCUT2D eigenvalue weighted by molar-refractivity contribution is -0.0446. The molecule has 166 valence electrons. The first-order chi connectivity index (χ1) is 13.5. The van der Waals surface area contributed by atoms with Gasteiger partial charge in [-0.1, -0.05) is 51.9 Å². The lowest BCUT2D eigenvalue weighted by Gasteiger charge is -2.13. The van der Waals surface area contributed by atoms with Gasteiger partial charge in [-0.15, -0.1) is 0 Å². The van der Waals surface area contributed by atoms with Gasteiger partial charge in [0, 0.05) is 5.56 Å². The largest absolute Gasteiger partial charge is 0.516 e. The van der Waals surface area contributed by atoms with E-state index < -0.39 is 21.4 Å². The molecule has 5 nitrogen and oxygen atoms in total.